The van der Waals surface area contributed by atoms with Crippen molar-refractivity contribution in [3.8, 4) is 0 Å². The molecule has 0 fully saturated rings. The number of carbonyl (C=O) groups is 1. The number of rotatable bonds is 6. The zero-order chi connectivity index (χ0) is 12.7. The molecule has 0 saturated heterocycles. The van der Waals surface area contributed by atoms with Gasteiger partial charge in [-0.05, 0) is 37.5 Å². The van der Waals surface area contributed by atoms with Crippen LogP contribution in [0.2, 0.25) is 0 Å². The Bertz CT molecular complexity index is 374. The first-order valence-electron chi connectivity index (χ1n) is 6.21. The molecule has 94 valence electrons. The number of benzene rings is 1. The molecule has 1 aromatic rings. The minimum absolute atomic E-state index is 0.115. The quantitative estimate of drug-likeness (QED) is 0.794. The van der Waals surface area contributed by atoms with Crippen molar-refractivity contribution in [2.75, 3.05) is 18.4 Å². The average molecular weight is 234 g/mol. The van der Waals surface area contributed by atoms with Crippen molar-refractivity contribution in [2.24, 2.45) is 0 Å². The van der Waals surface area contributed by atoms with Gasteiger partial charge >= 0.3 is 0 Å². The number of anilines is 1. The minimum Gasteiger partial charge on any atom is -0.384 e. The second-order valence-electron chi connectivity index (χ2n) is 4.35. The van der Waals surface area contributed by atoms with Crippen LogP contribution in [0.25, 0.3) is 0 Å². The summed E-state index contributed by atoms with van der Waals surface area (Å²) in [6.45, 7) is 7.63. The molecule has 3 heteroatoms. The Morgan fingerprint density at radius 1 is 1.24 bits per heavy atom. The van der Waals surface area contributed by atoms with Crippen molar-refractivity contribution in [1.29, 1.82) is 0 Å². The van der Waals surface area contributed by atoms with Crippen molar-refractivity contribution in [3.63, 3.8) is 0 Å². The Morgan fingerprint density at radius 3 is 2.71 bits per heavy atom. The van der Waals surface area contributed by atoms with Gasteiger partial charge in [-0.15, -0.1) is 0 Å². The lowest BCUT2D eigenvalue weighted by atomic mass is 10.1. The van der Waals surface area contributed by atoms with Gasteiger partial charge in [0.05, 0.1) is 0 Å². The lowest BCUT2D eigenvalue weighted by Gasteiger charge is -2.10. The van der Waals surface area contributed by atoms with Crippen molar-refractivity contribution < 1.29 is 4.79 Å². The molecular formula is C14H22N2O. The van der Waals surface area contributed by atoms with Gasteiger partial charge in [-0.1, -0.05) is 19.1 Å². The molecule has 17 heavy (non-hydrogen) atoms. The summed E-state index contributed by atoms with van der Waals surface area (Å²) in [6.07, 6.45) is 1.50. The fourth-order valence-corrected chi connectivity index (χ4v) is 1.59. The third-order valence-electron chi connectivity index (χ3n) is 2.63. The summed E-state index contributed by atoms with van der Waals surface area (Å²) in [6, 6.07) is 6.29. The summed E-state index contributed by atoms with van der Waals surface area (Å²) >= 11 is 0. The van der Waals surface area contributed by atoms with Gasteiger partial charge in [-0.2, -0.15) is 0 Å². The molecule has 0 unspecified atom stereocenters. The maximum Gasteiger partial charge on any atom is 0.221 e. The summed E-state index contributed by atoms with van der Waals surface area (Å²) in [7, 11) is 0. The van der Waals surface area contributed by atoms with Crippen molar-refractivity contribution in [2.45, 2.75) is 33.6 Å². The van der Waals surface area contributed by atoms with Gasteiger partial charge in [-0.25, -0.2) is 0 Å². The predicted molar refractivity (Wildman–Crippen MR) is 72.3 cm³/mol. The molecule has 1 rings (SSSR count). The summed E-state index contributed by atoms with van der Waals surface area (Å²) < 4.78 is 0. The number of hydrogen-bond acceptors (Lipinski definition) is 2. The van der Waals surface area contributed by atoms with E-state index in [-0.39, 0.29) is 5.91 Å². The zero-order valence-electron chi connectivity index (χ0n) is 11.0. The largest absolute Gasteiger partial charge is 0.384 e. The van der Waals surface area contributed by atoms with Gasteiger partial charge in [0.2, 0.25) is 5.91 Å². The number of hydrogen-bond donors (Lipinski definition) is 2. The predicted octanol–water partition coefficient (Wildman–Crippen LogP) is 2.63. The van der Waals surface area contributed by atoms with E-state index < -0.39 is 0 Å². The minimum atomic E-state index is 0.115. The van der Waals surface area contributed by atoms with Crippen LogP contribution in [-0.4, -0.2) is 19.0 Å². The number of amides is 1. The highest BCUT2D eigenvalue weighted by atomic mass is 16.1. The SMILES string of the molecule is CCCNC(=O)CCNc1cc(C)ccc1C. The molecule has 0 bridgehead atoms. The third-order valence-corrected chi connectivity index (χ3v) is 2.63. The maximum atomic E-state index is 11.4. The fourth-order valence-electron chi connectivity index (χ4n) is 1.59. The van der Waals surface area contributed by atoms with Crippen LogP contribution in [0.1, 0.15) is 30.9 Å². The Labute approximate surface area is 104 Å². The molecule has 2 N–H and O–H groups in total. The lowest BCUT2D eigenvalue weighted by Crippen LogP contribution is -2.25. The van der Waals surface area contributed by atoms with Crippen LogP contribution in [-0.2, 0) is 4.79 Å². The standard InChI is InChI=1S/C14H22N2O/c1-4-8-16-14(17)7-9-15-13-10-11(2)5-6-12(13)3/h5-6,10,15H,4,7-9H2,1-3H3,(H,16,17). The Hall–Kier alpha value is -1.51. The van der Waals surface area contributed by atoms with E-state index in [1.807, 2.05) is 0 Å². The Morgan fingerprint density at radius 2 is 2.00 bits per heavy atom. The molecule has 0 saturated carbocycles. The van der Waals surface area contributed by atoms with Gasteiger partial charge in [0, 0.05) is 25.2 Å². The van der Waals surface area contributed by atoms with E-state index in [0.29, 0.717) is 13.0 Å². The second kappa shape index (κ2) is 6.94. The monoisotopic (exact) mass is 234 g/mol. The van der Waals surface area contributed by atoms with E-state index in [9.17, 15) is 4.79 Å². The first kappa shape index (κ1) is 13.6. The number of nitrogens with one attached hydrogen (secondary N) is 2. The van der Waals surface area contributed by atoms with Crippen molar-refractivity contribution in [1.82, 2.24) is 5.32 Å². The van der Waals surface area contributed by atoms with Crippen LogP contribution in [0.3, 0.4) is 0 Å². The van der Waals surface area contributed by atoms with E-state index in [1.54, 1.807) is 0 Å². The molecule has 3 nitrogen and oxygen atoms in total. The van der Waals surface area contributed by atoms with E-state index in [1.165, 1.54) is 11.1 Å². The first-order valence-corrected chi connectivity index (χ1v) is 6.21. The number of aryl methyl sites for hydroxylation is 2. The van der Waals surface area contributed by atoms with Gasteiger partial charge in [-0.3, -0.25) is 4.79 Å². The molecule has 0 atom stereocenters. The lowest BCUT2D eigenvalue weighted by molar-refractivity contribution is -0.120. The van der Waals surface area contributed by atoms with E-state index in [2.05, 4.69) is 49.6 Å². The molecule has 1 amide bonds. The normalized spacial score (nSPS) is 10.1. The first-order chi connectivity index (χ1) is 8.13. The van der Waals surface area contributed by atoms with Gasteiger partial charge in [0.25, 0.3) is 0 Å². The highest BCUT2D eigenvalue weighted by Crippen LogP contribution is 2.15. The average Bonchev–Trinajstić information content (AvgIpc) is 2.31. The van der Waals surface area contributed by atoms with Crippen molar-refractivity contribution >= 4 is 11.6 Å². The zero-order valence-corrected chi connectivity index (χ0v) is 11.0. The Balaban J connectivity index is 2.35. The van der Waals surface area contributed by atoms with Crippen LogP contribution in [0.15, 0.2) is 18.2 Å². The van der Waals surface area contributed by atoms with Crippen LogP contribution < -0.4 is 10.6 Å². The van der Waals surface area contributed by atoms with Gasteiger partial charge in [0.1, 0.15) is 0 Å². The molecule has 0 radical (unpaired) electrons. The summed E-state index contributed by atoms with van der Waals surface area (Å²) in [5, 5.41) is 6.17. The molecule has 0 aliphatic rings. The Kier molecular flexibility index (Phi) is 5.53. The summed E-state index contributed by atoms with van der Waals surface area (Å²) in [4.78, 5) is 11.4. The maximum absolute atomic E-state index is 11.4. The van der Waals surface area contributed by atoms with E-state index in [0.717, 1.165) is 18.7 Å². The highest BCUT2D eigenvalue weighted by Gasteiger charge is 2.01. The molecule has 0 aliphatic heterocycles. The van der Waals surface area contributed by atoms with Crippen LogP contribution in [0, 0.1) is 13.8 Å². The van der Waals surface area contributed by atoms with E-state index >= 15 is 0 Å². The van der Waals surface area contributed by atoms with Gasteiger partial charge in [0.15, 0.2) is 0 Å². The smallest absolute Gasteiger partial charge is 0.221 e. The summed E-state index contributed by atoms with van der Waals surface area (Å²) in [5.41, 5.74) is 3.56. The molecule has 0 spiro atoms. The van der Waals surface area contributed by atoms with Crippen LogP contribution in [0.4, 0.5) is 5.69 Å². The van der Waals surface area contributed by atoms with Crippen molar-refractivity contribution in [3.05, 3.63) is 29.3 Å². The van der Waals surface area contributed by atoms with Crippen LogP contribution >= 0.6 is 0 Å². The number of carbonyl (C=O) groups excluding carboxylic acids is 1. The third kappa shape index (κ3) is 4.89. The molecule has 0 aromatic heterocycles. The summed E-state index contributed by atoms with van der Waals surface area (Å²) in [5.74, 6) is 0.115. The molecule has 1 aromatic carbocycles. The highest BCUT2D eigenvalue weighted by molar-refractivity contribution is 5.76. The molecular weight excluding hydrogens is 212 g/mol. The van der Waals surface area contributed by atoms with E-state index in [4.69, 9.17) is 0 Å². The second-order valence-corrected chi connectivity index (χ2v) is 4.35. The fraction of sp³-hybridized carbons (Fsp3) is 0.500. The van der Waals surface area contributed by atoms with Gasteiger partial charge < -0.3 is 10.6 Å². The molecule has 0 aliphatic carbocycles. The molecule has 0 heterocycles. The van der Waals surface area contributed by atoms with Crippen LogP contribution in [0.5, 0.6) is 0 Å². The topological polar surface area (TPSA) is 41.1 Å².